The number of fused-ring (bicyclic) bond motifs is 1. The highest BCUT2D eigenvalue weighted by Crippen LogP contribution is 2.47. The van der Waals surface area contributed by atoms with Crippen molar-refractivity contribution in [3.63, 3.8) is 0 Å². The van der Waals surface area contributed by atoms with Crippen molar-refractivity contribution in [3.05, 3.63) is 59.0 Å². The zero-order chi connectivity index (χ0) is 29.5. The molecule has 10 nitrogen and oxygen atoms in total. The Morgan fingerprint density at radius 3 is 2.56 bits per heavy atom. The van der Waals surface area contributed by atoms with E-state index < -0.39 is 29.9 Å². The molecule has 2 aromatic heterocycles. The van der Waals surface area contributed by atoms with Gasteiger partial charge in [-0.25, -0.2) is 9.78 Å². The molecule has 1 fully saturated rings. The van der Waals surface area contributed by atoms with E-state index in [-0.39, 0.29) is 18.8 Å². The maximum absolute atomic E-state index is 13.9. The van der Waals surface area contributed by atoms with Gasteiger partial charge in [-0.05, 0) is 69.6 Å². The topological polar surface area (TPSA) is 137 Å². The molecule has 2 aliphatic rings. The lowest BCUT2D eigenvalue weighted by Crippen LogP contribution is -2.65. The average Bonchev–Trinajstić information content (AvgIpc) is 3.59. The Labute approximate surface area is 243 Å². The highest BCUT2D eigenvalue weighted by Gasteiger charge is 2.50. The number of aliphatic hydroxyl groups excluding tert-OH is 2. The number of carbonyl (C=O) groups is 2. The number of oxazole rings is 1. The lowest BCUT2D eigenvalue weighted by molar-refractivity contribution is -0.154. The van der Waals surface area contributed by atoms with Gasteiger partial charge < -0.3 is 29.4 Å². The van der Waals surface area contributed by atoms with Crippen molar-refractivity contribution < 1.29 is 34.1 Å². The van der Waals surface area contributed by atoms with Gasteiger partial charge in [0.2, 0.25) is 12.2 Å². The molecule has 5 rings (SSSR count). The lowest BCUT2D eigenvalue weighted by atomic mass is 9.94. The molecule has 3 N–H and O–H groups in total. The quantitative estimate of drug-likeness (QED) is 0.326. The normalized spacial score (nSPS) is 22.1. The number of carboxylic acids is 1. The summed E-state index contributed by atoms with van der Waals surface area (Å²) in [5, 5.41) is 32.4. The Kier molecular flexibility index (Phi) is 8.24. The van der Waals surface area contributed by atoms with Crippen LogP contribution in [0.3, 0.4) is 0 Å². The molecule has 0 spiro atoms. The van der Waals surface area contributed by atoms with Gasteiger partial charge in [0.25, 0.3) is 5.91 Å². The number of hydrogen-bond acceptors (Lipinski definition) is 9. The van der Waals surface area contributed by atoms with E-state index in [9.17, 15) is 24.9 Å². The number of amides is 1. The minimum atomic E-state index is -1.71. The molecule has 41 heavy (non-hydrogen) atoms. The van der Waals surface area contributed by atoms with Crippen molar-refractivity contribution in [3.8, 4) is 10.8 Å². The smallest absolute Gasteiger partial charge is 0.329 e. The van der Waals surface area contributed by atoms with Crippen molar-refractivity contribution in [2.24, 2.45) is 0 Å². The van der Waals surface area contributed by atoms with Gasteiger partial charge in [0, 0.05) is 0 Å². The summed E-state index contributed by atoms with van der Waals surface area (Å²) in [5.41, 5.74) is 1.28. The molecular formula is C30H37N3O7S. The third-order valence-electron chi connectivity index (χ3n) is 8.23. The van der Waals surface area contributed by atoms with E-state index >= 15 is 0 Å². The zero-order valence-electron chi connectivity index (χ0n) is 23.7. The summed E-state index contributed by atoms with van der Waals surface area (Å²) in [6, 6.07) is 7.99. The number of thiophene rings is 1. The predicted molar refractivity (Wildman–Crippen MR) is 154 cm³/mol. The summed E-state index contributed by atoms with van der Waals surface area (Å²) < 4.78 is 12.3. The SMILES string of the molecule is CCc1ccccc1[C@H](CN1c2sc(-c3ncco3)c(C)c2C(=O)N(C(C)(C)C(=O)O)C1O)OC1CCC(O)CC1. The largest absolute Gasteiger partial charge is 0.480 e. The van der Waals surface area contributed by atoms with Gasteiger partial charge in [-0.15, -0.1) is 11.3 Å². The minimum absolute atomic E-state index is 0.0872. The number of nitrogens with zero attached hydrogens (tertiary/aromatic N) is 3. The molecule has 3 heterocycles. The molecule has 11 heteroatoms. The van der Waals surface area contributed by atoms with Gasteiger partial charge in [0.05, 0.1) is 35.4 Å². The molecule has 2 atom stereocenters. The first-order chi connectivity index (χ1) is 19.5. The highest BCUT2D eigenvalue weighted by molar-refractivity contribution is 7.20. The molecule has 0 radical (unpaired) electrons. The van der Waals surface area contributed by atoms with Crippen LogP contribution in [-0.4, -0.2) is 67.7 Å². The lowest BCUT2D eigenvalue weighted by Gasteiger charge is -2.47. The monoisotopic (exact) mass is 583 g/mol. The van der Waals surface area contributed by atoms with Crippen LogP contribution in [0.15, 0.2) is 41.1 Å². The molecule has 0 saturated heterocycles. The Morgan fingerprint density at radius 2 is 1.93 bits per heavy atom. The summed E-state index contributed by atoms with van der Waals surface area (Å²) in [4.78, 5) is 33.8. The number of ether oxygens (including phenoxy) is 1. The van der Waals surface area contributed by atoms with Crippen molar-refractivity contribution >= 4 is 28.2 Å². The molecule has 1 unspecified atom stereocenters. The fourth-order valence-corrected chi connectivity index (χ4v) is 7.03. The maximum Gasteiger partial charge on any atom is 0.329 e. The molecule has 1 aliphatic heterocycles. The van der Waals surface area contributed by atoms with Crippen LogP contribution in [-0.2, 0) is 16.0 Å². The van der Waals surface area contributed by atoms with Crippen molar-refractivity contribution in [2.75, 3.05) is 11.4 Å². The number of rotatable bonds is 9. The molecule has 1 saturated carbocycles. The maximum atomic E-state index is 13.9. The first-order valence-corrected chi connectivity index (χ1v) is 14.8. The molecule has 3 aromatic rings. The Morgan fingerprint density at radius 1 is 1.22 bits per heavy atom. The molecule has 1 aromatic carbocycles. The summed E-state index contributed by atoms with van der Waals surface area (Å²) in [5.74, 6) is -1.47. The highest BCUT2D eigenvalue weighted by atomic mass is 32.1. The second-order valence-electron chi connectivity index (χ2n) is 11.2. The van der Waals surface area contributed by atoms with Gasteiger partial charge in [0.1, 0.15) is 22.9 Å². The number of benzene rings is 1. The molecule has 220 valence electrons. The number of hydrogen-bond donors (Lipinski definition) is 3. The third-order valence-corrected chi connectivity index (χ3v) is 9.55. The van der Waals surface area contributed by atoms with Gasteiger partial charge in [-0.3, -0.25) is 9.69 Å². The van der Waals surface area contributed by atoms with E-state index in [1.165, 1.54) is 37.6 Å². The molecular weight excluding hydrogens is 546 g/mol. The number of aliphatic carboxylic acids is 1. The fourth-order valence-electron chi connectivity index (χ4n) is 5.76. The summed E-state index contributed by atoms with van der Waals surface area (Å²) in [7, 11) is 0. The average molecular weight is 584 g/mol. The van der Waals surface area contributed by atoms with E-state index in [1.54, 1.807) is 11.8 Å². The minimum Gasteiger partial charge on any atom is -0.480 e. The van der Waals surface area contributed by atoms with Crippen LogP contribution in [0, 0.1) is 6.92 Å². The van der Waals surface area contributed by atoms with Crippen molar-refractivity contribution in [1.29, 1.82) is 0 Å². The van der Waals surface area contributed by atoms with Crippen LogP contribution >= 0.6 is 11.3 Å². The fraction of sp³-hybridized carbons (Fsp3) is 0.500. The van der Waals surface area contributed by atoms with Crippen molar-refractivity contribution in [1.82, 2.24) is 9.88 Å². The Bertz CT molecular complexity index is 1390. The van der Waals surface area contributed by atoms with E-state index in [2.05, 4.69) is 11.9 Å². The standard InChI is InChI=1S/C30H37N3O7S/c1-5-18-8-6-7-9-21(18)22(40-20-12-10-19(34)11-13-20)16-32-27-23(17(2)24(41-27)25-31-14-15-39-25)26(35)33(29(32)38)30(3,4)28(36)37/h6-9,14-15,19-20,22,29,34,38H,5,10-13,16H2,1-4H3,(H,36,37)/t19?,20?,22-,29?/m0/s1. The van der Waals surface area contributed by atoms with Crippen LogP contribution in [0.5, 0.6) is 0 Å². The van der Waals surface area contributed by atoms with Crippen molar-refractivity contribution in [2.45, 2.75) is 90.0 Å². The summed E-state index contributed by atoms with van der Waals surface area (Å²) >= 11 is 1.28. The van der Waals surface area contributed by atoms with E-state index in [1.807, 2.05) is 24.3 Å². The van der Waals surface area contributed by atoms with Crippen LogP contribution in [0.1, 0.15) is 79.6 Å². The number of aryl methyl sites for hydroxylation is 1. The van der Waals surface area contributed by atoms with Gasteiger partial charge in [-0.2, -0.15) is 0 Å². The van der Waals surface area contributed by atoms with Crippen LogP contribution in [0.2, 0.25) is 0 Å². The first-order valence-electron chi connectivity index (χ1n) is 14.0. The van der Waals surface area contributed by atoms with E-state index in [0.29, 0.717) is 52.6 Å². The van der Waals surface area contributed by atoms with Gasteiger partial charge in [-0.1, -0.05) is 31.2 Å². The predicted octanol–water partition coefficient (Wildman–Crippen LogP) is 4.74. The van der Waals surface area contributed by atoms with E-state index in [0.717, 1.165) is 22.4 Å². The van der Waals surface area contributed by atoms with Crippen LogP contribution < -0.4 is 4.90 Å². The van der Waals surface area contributed by atoms with Crippen LogP contribution in [0.25, 0.3) is 10.8 Å². The summed E-state index contributed by atoms with van der Waals surface area (Å²) in [6.45, 7) is 6.83. The molecule has 0 bridgehead atoms. The second kappa shape index (κ2) is 11.6. The van der Waals surface area contributed by atoms with Gasteiger partial charge >= 0.3 is 5.97 Å². The van der Waals surface area contributed by atoms with Crippen LogP contribution in [0.4, 0.5) is 5.00 Å². The Hall–Kier alpha value is -3.25. The van der Waals surface area contributed by atoms with E-state index in [4.69, 9.17) is 9.15 Å². The zero-order valence-corrected chi connectivity index (χ0v) is 24.6. The number of aromatic nitrogens is 1. The Balaban J connectivity index is 1.61. The number of anilines is 1. The molecule has 1 aliphatic carbocycles. The summed E-state index contributed by atoms with van der Waals surface area (Å²) in [6.07, 6.45) is 4.00. The second-order valence-corrected chi connectivity index (χ2v) is 12.2. The number of carboxylic acid groups (broad SMARTS) is 1. The number of carbonyl (C=O) groups excluding carboxylic acids is 1. The van der Waals surface area contributed by atoms with Gasteiger partial charge in [0.15, 0.2) is 0 Å². The third kappa shape index (κ3) is 5.39. The first kappa shape index (κ1) is 29.2. The number of aliphatic hydroxyl groups is 2. The molecule has 1 amide bonds.